The van der Waals surface area contributed by atoms with E-state index in [1.807, 2.05) is 84.9 Å². The normalized spacial score (nSPS) is 17.7. The van der Waals surface area contributed by atoms with Crippen molar-refractivity contribution in [2.75, 3.05) is 13.1 Å². The summed E-state index contributed by atoms with van der Waals surface area (Å²) in [5, 5.41) is 3.26. The molecule has 34 heavy (non-hydrogen) atoms. The minimum atomic E-state index is -1.72. The molecule has 0 radical (unpaired) electrons. The van der Waals surface area contributed by atoms with Gasteiger partial charge in [0.05, 0.1) is 19.4 Å². The van der Waals surface area contributed by atoms with Crippen molar-refractivity contribution in [3.8, 4) is 0 Å². The molecule has 5 rings (SSSR count). The Balaban J connectivity index is 1.51. The molecule has 4 aromatic carbocycles. The van der Waals surface area contributed by atoms with E-state index in [1.54, 1.807) is 6.34 Å². The molecule has 1 unspecified atom stereocenters. The fourth-order valence-corrected chi connectivity index (χ4v) is 4.85. The number of rotatable bonds is 8. The van der Waals surface area contributed by atoms with Gasteiger partial charge < -0.3 is 10.2 Å². The van der Waals surface area contributed by atoms with Crippen LogP contribution in [0.1, 0.15) is 22.3 Å². The number of halogens is 1. The maximum absolute atomic E-state index is 16.0. The van der Waals surface area contributed by atoms with Crippen molar-refractivity contribution >= 4 is 6.34 Å². The van der Waals surface area contributed by atoms with Gasteiger partial charge in [-0.2, -0.15) is 0 Å². The van der Waals surface area contributed by atoms with Crippen LogP contribution in [0.5, 0.6) is 0 Å². The lowest BCUT2D eigenvalue weighted by Crippen LogP contribution is -2.50. The molecule has 0 bridgehead atoms. The van der Waals surface area contributed by atoms with Gasteiger partial charge in [-0.15, -0.1) is 0 Å². The molecular formula is C30H28FN3. The minimum Gasteiger partial charge on any atom is -0.340 e. The molecule has 1 atom stereocenters. The Bertz CT molecular complexity index is 1120. The molecule has 0 fully saturated rings. The van der Waals surface area contributed by atoms with E-state index in [9.17, 15) is 0 Å². The predicted molar refractivity (Wildman–Crippen MR) is 136 cm³/mol. The van der Waals surface area contributed by atoms with Gasteiger partial charge in [0.2, 0.25) is 5.79 Å². The van der Waals surface area contributed by atoms with E-state index >= 15 is 4.39 Å². The Labute approximate surface area is 200 Å². The molecule has 1 aliphatic heterocycles. The van der Waals surface area contributed by atoms with Crippen molar-refractivity contribution in [1.82, 2.24) is 10.2 Å². The first-order chi connectivity index (χ1) is 16.7. The molecule has 3 nitrogen and oxygen atoms in total. The van der Waals surface area contributed by atoms with Crippen LogP contribution in [-0.2, 0) is 12.1 Å². The van der Waals surface area contributed by atoms with Crippen molar-refractivity contribution in [2.45, 2.75) is 17.9 Å². The molecule has 0 aliphatic carbocycles. The average Bonchev–Trinajstić information content (AvgIpc) is 3.29. The summed E-state index contributed by atoms with van der Waals surface area (Å²) in [6.07, 6.45) is 1.69. The smallest absolute Gasteiger partial charge is 0.231 e. The SMILES string of the molecule is FC1(CNCc2ccccc2)CN(C(c2ccccc2)(c2ccccc2)c2ccccc2)C=N1. The average molecular weight is 450 g/mol. The molecule has 0 saturated carbocycles. The Morgan fingerprint density at radius 3 is 1.62 bits per heavy atom. The van der Waals surface area contributed by atoms with Crippen molar-refractivity contribution in [2.24, 2.45) is 4.99 Å². The second-order valence-electron chi connectivity index (χ2n) is 8.69. The summed E-state index contributed by atoms with van der Waals surface area (Å²) in [5.74, 6) is -1.72. The summed E-state index contributed by atoms with van der Waals surface area (Å²) in [6.45, 7) is 0.889. The van der Waals surface area contributed by atoms with Crippen LogP contribution in [0.15, 0.2) is 126 Å². The van der Waals surface area contributed by atoms with E-state index < -0.39 is 11.3 Å². The summed E-state index contributed by atoms with van der Waals surface area (Å²) in [5.41, 5.74) is 3.62. The number of benzene rings is 4. The zero-order valence-corrected chi connectivity index (χ0v) is 19.0. The van der Waals surface area contributed by atoms with Gasteiger partial charge in [0.15, 0.2) is 0 Å². The van der Waals surface area contributed by atoms with Crippen LogP contribution in [0.2, 0.25) is 0 Å². The summed E-state index contributed by atoms with van der Waals surface area (Å²) < 4.78 is 16.0. The van der Waals surface area contributed by atoms with Gasteiger partial charge in [-0.05, 0) is 22.3 Å². The summed E-state index contributed by atoms with van der Waals surface area (Å²) >= 11 is 0. The highest BCUT2D eigenvalue weighted by molar-refractivity contribution is 5.66. The molecule has 1 aliphatic rings. The Morgan fingerprint density at radius 2 is 1.15 bits per heavy atom. The maximum atomic E-state index is 16.0. The molecular weight excluding hydrogens is 421 g/mol. The second kappa shape index (κ2) is 9.62. The highest BCUT2D eigenvalue weighted by atomic mass is 19.1. The van der Waals surface area contributed by atoms with E-state index in [0.29, 0.717) is 6.54 Å². The highest BCUT2D eigenvalue weighted by Crippen LogP contribution is 2.44. The summed E-state index contributed by atoms with van der Waals surface area (Å²) in [7, 11) is 0. The van der Waals surface area contributed by atoms with Gasteiger partial charge >= 0.3 is 0 Å². The zero-order valence-electron chi connectivity index (χ0n) is 19.0. The minimum absolute atomic E-state index is 0.142. The fraction of sp³-hybridized carbons (Fsp3) is 0.167. The largest absolute Gasteiger partial charge is 0.340 e. The van der Waals surface area contributed by atoms with Crippen LogP contribution in [0.4, 0.5) is 4.39 Å². The number of hydrogen-bond acceptors (Lipinski definition) is 3. The standard InChI is InChI=1S/C30H28FN3/c31-29(22-32-21-25-13-5-1-6-14-25)23-34(24-33-29)30(26-15-7-2-8-16-26,27-17-9-3-10-18-27)28-19-11-4-12-20-28/h1-20,24,32H,21-23H2. The van der Waals surface area contributed by atoms with Gasteiger partial charge in [0.1, 0.15) is 5.54 Å². The summed E-state index contributed by atoms with van der Waals surface area (Å²) in [4.78, 5) is 6.45. The lowest BCUT2D eigenvalue weighted by molar-refractivity contribution is 0.130. The molecule has 0 aromatic heterocycles. The lowest BCUT2D eigenvalue weighted by atomic mass is 9.75. The predicted octanol–water partition coefficient (Wildman–Crippen LogP) is 5.78. The number of alkyl halides is 1. The van der Waals surface area contributed by atoms with E-state index in [4.69, 9.17) is 0 Å². The maximum Gasteiger partial charge on any atom is 0.231 e. The van der Waals surface area contributed by atoms with Crippen LogP contribution in [0.25, 0.3) is 0 Å². The molecule has 170 valence electrons. The van der Waals surface area contributed by atoms with Crippen LogP contribution in [0, 0.1) is 0 Å². The van der Waals surface area contributed by atoms with Crippen molar-refractivity contribution in [1.29, 1.82) is 0 Å². The Hall–Kier alpha value is -3.76. The van der Waals surface area contributed by atoms with Gasteiger partial charge in [-0.3, -0.25) is 0 Å². The zero-order chi connectivity index (χ0) is 23.3. The van der Waals surface area contributed by atoms with Crippen LogP contribution >= 0.6 is 0 Å². The van der Waals surface area contributed by atoms with E-state index in [0.717, 1.165) is 22.3 Å². The van der Waals surface area contributed by atoms with E-state index in [-0.39, 0.29) is 13.1 Å². The number of nitrogens with zero attached hydrogens (tertiary/aromatic N) is 2. The van der Waals surface area contributed by atoms with E-state index in [2.05, 4.69) is 51.6 Å². The fourth-order valence-electron chi connectivity index (χ4n) is 4.85. The lowest BCUT2D eigenvalue weighted by Gasteiger charge is -2.43. The van der Waals surface area contributed by atoms with Crippen LogP contribution < -0.4 is 5.32 Å². The third kappa shape index (κ3) is 4.25. The first-order valence-electron chi connectivity index (χ1n) is 11.6. The molecule has 1 heterocycles. The highest BCUT2D eigenvalue weighted by Gasteiger charge is 2.47. The molecule has 0 saturated heterocycles. The Kier molecular flexibility index (Phi) is 6.24. The number of aliphatic imine (C=N–C) groups is 1. The van der Waals surface area contributed by atoms with Crippen molar-refractivity contribution in [3.05, 3.63) is 144 Å². The monoisotopic (exact) mass is 449 g/mol. The third-order valence-electron chi connectivity index (χ3n) is 6.41. The molecule has 1 N–H and O–H groups in total. The van der Waals surface area contributed by atoms with Crippen molar-refractivity contribution in [3.63, 3.8) is 0 Å². The molecule has 4 heteroatoms. The van der Waals surface area contributed by atoms with Gasteiger partial charge in [0, 0.05) is 6.54 Å². The number of nitrogens with one attached hydrogen (secondary N) is 1. The molecule has 0 spiro atoms. The van der Waals surface area contributed by atoms with Gasteiger partial charge in [-0.25, -0.2) is 9.38 Å². The molecule has 0 amide bonds. The van der Waals surface area contributed by atoms with Crippen molar-refractivity contribution < 1.29 is 4.39 Å². The van der Waals surface area contributed by atoms with Gasteiger partial charge in [-0.1, -0.05) is 121 Å². The Morgan fingerprint density at radius 1 is 0.706 bits per heavy atom. The van der Waals surface area contributed by atoms with Crippen LogP contribution in [0.3, 0.4) is 0 Å². The first-order valence-corrected chi connectivity index (χ1v) is 11.6. The second-order valence-corrected chi connectivity index (χ2v) is 8.69. The van der Waals surface area contributed by atoms with E-state index in [1.165, 1.54) is 0 Å². The third-order valence-corrected chi connectivity index (χ3v) is 6.41. The van der Waals surface area contributed by atoms with Crippen LogP contribution in [-0.4, -0.2) is 30.1 Å². The molecule has 4 aromatic rings. The summed E-state index contributed by atoms with van der Waals surface area (Å²) in [6, 6.07) is 40.9. The van der Waals surface area contributed by atoms with Gasteiger partial charge in [0.25, 0.3) is 0 Å². The topological polar surface area (TPSA) is 27.6 Å². The quantitative estimate of drug-likeness (QED) is 0.273. The first kappa shape index (κ1) is 22.1. The number of hydrogen-bond donors (Lipinski definition) is 1.